The molecule has 176 valence electrons. The molecule has 0 unspecified atom stereocenters. The van der Waals surface area contributed by atoms with E-state index in [1.54, 1.807) is 30.3 Å². The molecule has 4 aromatic rings. The van der Waals surface area contributed by atoms with Gasteiger partial charge >= 0.3 is 0 Å². The number of non-ortho nitro benzene ring substituents is 2. The van der Waals surface area contributed by atoms with E-state index in [0.29, 0.717) is 16.8 Å². The third-order valence-corrected chi connectivity index (χ3v) is 5.91. The van der Waals surface area contributed by atoms with E-state index in [2.05, 4.69) is 10.1 Å². The van der Waals surface area contributed by atoms with Gasteiger partial charge in [0.1, 0.15) is 5.75 Å². The van der Waals surface area contributed by atoms with Gasteiger partial charge in [-0.2, -0.15) is 10.1 Å². The summed E-state index contributed by atoms with van der Waals surface area (Å²) < 4.78 is 5.94. The molecule has 0 saturated heterocycles. The van der Waals surface area contributed by atoms with Crippen molar-refractivity contribution >= 4 is 50.2 Å². The molecule has 1 heterocycles. The first-order valence-corrected chi connectivity index (χ1v) is 10.9. The maximum Gasteiger partial charge on any atom is 0.281 e. The minimum absolute atomic E-state index is 0.203. The number of thiazole rings is 1. The van der Waals surface area contributed by atoms with Crippen LogP contribution in [-0.2, 0) is 0 Å². The largest absolute Gasteiger partial charge is 0.497 e. The Labute approximate surface area is 202 Å². The molecule has 1 amide bonds. The Morgan fingerprint density at radius 1 is 1.03 bits per heavy atom. The molecule has 1 aromatic heterocycles. The van der Waals surface area contributed by atoms with E-state index in [9.17, 15) is 25.0 Å². The van der Waals surface area contributed by atoms with Crippen molar-refractivity contribution in [2.24, 2.45) is 5.10 Å². The van der Waals surface area contributed by atoms with E-state index in [1.165, 1.54) is 24.7 Å². The first-order chi connectivity index (χ1) is 16.7. The number of amides is 1. The average Bonchev–Trinajstić information content (AvgIpc) is 3.26. The topological polar surface area (TPSA) is 141 Å². The molecular weight excluding hydrogens is 474 g/mol. The number of aryl methyl sites for hydroxylation is 1. The van der Waals surface area contributed by atoms with Gasteiger partial charge < -0.3 is 4.74 Å². The molecular formula is C23H17N5O6S. The van der Waals surface area contributed by atoms with E-state index < -0.39 is 27.1 Å². The van der Waals surface area contributed by atoms with Crippen molar-refractivity contribution in [3.05, 3.63) is 97.6 Å². The normalized spacial score (nSPS) is 11.0. The highest BCUT2D eigenvalue weighted by molar-refractivity contribution is 7.22. The number of rotatable bonds is 7. The second kappa shape index (κ2) is 9.65. The maximum atomic E-state index is 13.5. The Morgan fingerprint density at radius 3 is 2.29 bits per heavy atom. The van der Waals surface area contributed by atoms with E-state index in [1.807, 2.05) is 19.1 Å². The number of hydrogen-bond acceptors (Lipinski definition) is 9. The lowest BCUT2D eigenvalue weighted by Gasteiger charge is -2.14. The number of carbonyl (C=O) groups is 1. The number of carbonyl (C=O) groups excluding carboxylic acids is 1. The van der Waals surface area contributed by atoms with Crippen molar-refractivity contribution < 1.29 is 19.4 Å². The Bertz CT molecular complexity index is 1450. The second-order valence-electron chi connectivity index (χ2n) is 7.35. The number of hydrogen-bond donors (Lipinski definition) is 0. The fraction of sp³-hybridized carbons (Fsp3) is 0.0870. The lowest BCUT2D eigenvalue weighted by atomic mass is 10.1. The number of nitro groups is 2. The van der Waals surface area contributed by atoms with Crippen LogP contribution < -0.4 is 9.75 Å². The van der Waals surface area contributed by atoms with Gasteiger partial charge in [0.2, 0.25) is 5.13 Å². The van der Waals surface area contributed by atoms with Crippen LogP contribution in [0.15, 0.2) is 65.8 Å². The van der Waals surface area contributed by atoms with Crippen LogP contribution in [0.5, 0.6) is 5.75 Å². The summed E-state index contributed by atoms with van der Waals surface area (Å²) >= 11 is 1.20. The summed E-state index contributed by atoms with van der Waals surface area (Å²) in [5.41, 5.74) is 0.849. The maximum absolute atomic E-state index is 13.5. The van der Waals surface area contributed by atoms with Gasteiger partial charge in [-0.1, -0.05) is 17.4 Å². The highest BCUT2D eigenvalue weighted by atomic mass is 32.1. The summed E-state index contributed by atoms with van der Waals surface area (Å²) in [6.45, 7) is 1.92. The molecule has 0 spiro atoms. The van der Waals surface area contributed by atoms with Gasteiger partial charge in [-0.15, -0.1) is 0 Å². The number of benzene rings is 3. The summed E-state index contributed by atoms with van der Waals surface area (Å²) in [4.78, 5) is 39.0. The van der Waals surface area contributed by atoms with Gasteiger partial charge in [-0.25, -0.2) is 4.98 Å². The Balaban J connectivity index is 1.81. The first kappa shape index (κ1) is 23.4. The van der Waals surface area contributed by atoms with Gasteiger partial charge in [-0.3, -0.25) is 25.0 Å². The first-order valence-electron chi connectivity index (χ1n) is 10.1. The van der Waals surface area contributed by atoms with Crippen LogP contribution in [-0.4, -0.2) is 34.1 Å². The van der Waals surface area contributed by atoms with Crippen LogP contribution >= 0.6 is 11.3 Å². The lowest BCUT2D eigenvalue weighted by Crippen LogP contribution is -2.25. The predicted molar refractivity (Wildman–Crippen MR) is 132 cm³/mol. The quantitative estimate of drug-likeness (QED) is 0.199. The molecule has 0 aliphatic heterocycles. The fourth-order valence-corrected chi connectivity index (χ4v) is 4.19. The number of aromatic nitrogens is 1. The minimum Gasteiger partial charge on any atom is -0.497 e. The summed E-state index contributed by atoms with van der Waals surface area (Å²) in [6.07, 6.45) is 1.42. The zero-order valence-electron chi connectivity index (χ0n) is 18.4. The van der Waals surface area contributed by atoms with Crippen LogP contribution in [0.1, 0.15) is 21.5 Å². The highest BCUT2D eigenvalue weighted by Gasteiger charge is 2.26. The second-order valence-corrected chi connectivity index (χ2v) is 8.36. The molecule has 0 radical (unpaired) electrons. The monoisotopic (exact) mass is 491 g/mol. The average molecular weight is 491 g/mol. The predicted octanol–water partition coefficient (Wildman–Crippen LogP) is 5.11. The highest BCUT2D eigenvalue weighted by Crippen LogP contribution is 2.32. The minimum atomic E-state index is -0.808. The van der Waals surface area contributed by atoms with Gasteiger partial charge in [0.25, 0.3) is 17.3 Å². The van der Waals surface area contributed by atoms with Crippen LogP contribution in [0, 0.1) is 27.2 Å². The number of anilines is 1. The zero-order chi connectivity index (χ0) is 25.1. The lowest BCUT2D eigenvalue weighted by molar-refractivity contribution is -0.394. The molecule has 0 atom stereocenters. The Kier molecular flexibility index (Phi) is 6.46. The van der Waals surface area contributed by atoms with Crippen LogP contribution in [0.2, 0.25) is 0 Å². The van der Waals surface area contributed by atoms with Gasteiger partial charge in [0.15, 0.2) is 0 Å². The molecule has 0 N–H and O–H groups in total. The molecule has 0 aliphatic carbocycles. The van der Waals surface area contributed by atoms with E-state index in [4.69, 9.17) is 4.74 Å². The van der Waals surface area contributed by atoms with Crippen molar-refractivity contribution in [1.82, 2.24) is 4.98 Å². The molecule has 11 nitrogen and oxygen atoms in total. The standard InChI is InChI=1S/C23H17N5O6S/c1-14-3-8-20-21(9-14)35-23(25-20)26(24-13-15-4-6-19(34-2)7-5-15)22(29)16-10-17(27(30)31)12-18(11-16)28(32)33/h3-13H,1-2H3/b24-13+. The number of methoxy groups -OCH3 is 1. The van der Waals surface area contributed by atoms with Crippen LogP contribution in [0.25, 0.3) is 10.2 Å². The summed E-state index contributed by atoms with van der Waals surface area (Å²) in [5, 5.41) is 28.1. The van der Waals surface area contributed by atoms with Crippen molar-refractivity contribution in [1.29, 1.82) is 0 Å². The zero-order valence-corrected chi connectivity index (χ0v) is 19.3. The van der Waals surface area contributed by atoms with Gasteiger partial charge in [0.05, 0.1) is 45.0 Å². The number of nitrogens with zero attached hydrogens (tertiary/aromatic N) is 5. The molecule has 4 rings (SSSR count). The summed E-state index contributed by atoms with van der Waals surface area (Å²) in [5.74, 6) is -0.169. The summed E-state index contributed by atoms with van der Waals surface area (Å²) in [7, 11) is 1.54. The third-order valence-electron chi connectivity index (χ3n) is 4.92. The summed E-state index contributed by atoms with van der Waals surface area (Å²) in [6, 6.07) is 15.2. The Morgan fingerprint density at radius 2 is 1.69 bits per heavy atom. The van der Waals surface area contributed by atoms with E-state index in [0.717, 1.165) is 33.5 Å². The molecule has 0 bridgehead atoms. The third kappa shape index (κ3) is 5.12. The van der Waals surface area contributed by atoms with Gasteiger partial charge in [-0.05, 0) is 54.4 Å². The number of fused-ring (bicyclic) bond motifs is 1. The van der Waals surface area contributed by atoms with Crippen LogP contribution in [0.3, 0.4) is 0 Å². The van der Waals surface area contributed by atoms with Crippen molar-refractivity contribution in [2.45, 2.75) is 6.92 Å². The molecule has 0 aliphatic rings. The van der Waals surface area contributed by atoms with E-state index in [-0.39, 0.29) is 10.7 Å². The van der Waals surface area contributed by atoms with Crippen molar-refractivity contribution in [3.63, 3.8) is 0 Å². The molecule has 35 heavy (non-hydrogen) atoms. The Hall–Kier alpha value is -4.71. The molecule has 0 fully saturated rings. The van der Waals surface area contributed by atoms with Gasteiger partial charge in [0, 0.05) is 12.1 Å². The van der Waals surface area contributed by atoms with Crippen molar-refractivity contribution in [2.75, 3.05) is 12.1 Å². The van der Waals surface area contributed by atoms with Crippen molar-refractivity contribution in [3.8, 4) is 5.75 Å². The number of ether oxygens (including phenoxy) is 1. The SMILES string of the molecule is COc1ccc(/C=N/N(C(=O)c2cc([N+](=O)[O-])cc([N+](=O)[O-])c2)c2nc3ccc(C)cc3s2)cc1. The number of nitro benzene ring substituents is 2. The number of hydrazone groups is 1. The molecule has 3 aromatic carbocycles. The molecule has 12 heteroatoms. The molecule has 0 saturated carbocycles. The smallest absolute Gasteiger partial charge is 0.281 e. The van der Waals surface area contributed by atoms with Crippen LogP contribution in [0.4, 0.5) is 16.5 Å². The van der Waals surface area contributed by atoms with E-state index >= 15 is 0 Å². The fourth-order valence-electron chi connectivity index (χ4n) is 3.17.